The molecule has 2 aromatic heterocycles. The van der Waals surface area contributed by atoms with Crippen molar-refractivity contribution in [2.75, 3.05) is 0 Å². The van der Waals surface area contributed by atoms with Crippen LogP contribution in [0.3, 0.4) is 0 Å². The predicted octanol–water partition coefficient (Wildman–Crippen LogP) is 5.67. The van der Waals surface area contributed by atoms with Gasteiger partial charge >= 0.3 is 12.4 Å². The number of benzene rings is 1. The molecule has 0 N–H and O–H groups in total. The molecule has 1 fully saturated rings. The number of rotatable bonds is 7. The topological polar surface area (TPSA) is 86.2 Å². The molecule has 13 heteroatoms. The zero-order chi connectivity index (χ0) is 27.0. The molecule has 196 valence electrons. The lowest BCUT2D eigenvalue weighted by Crippen LogP contribution is -2.40. The van der Waals surface area contributed by atoms with Crippen molar-refractivity contribution >= 4 is 15.6 Å². The average molecular weight is 544 g/mol. The van der Waals surface area contributed by atoms with Gasteiger partial charge in [-0.25, -0.2) is 18.4 Å². The predicted molar refractivity (Wildman–Crippen MR) is 117 cm³/mol. The highest BCUT2D eigenvalue weighted by atomic mass is 32.2. The molecule has 0 spiro atoms. The third-order valence-electron chi connectivity index (χ3n) is 5.93. The second-order valence-corrected chi connectivity index (χ2v) is 10.7. The van der Waals surface area contributed by atoms with Crippen LogP contribution < -0.4 is 4.74 Å². The molecule has 0 saturated heterocycles. The molecule has 0 atom stereocenters. The molecule has 1 aliphatic carbocycles. The largest absolute Gasteiger partial charge is 0.421 e. The molecule has 0 radical (unpaired) electrons. The summed E-state index contributed by atoms with van der Waals surface area (Å²) in [7, 11) is -4.02. The van der Waals surface area contributed by atoms with Gasteiger partial charge in [-0.2, -0.15) is 26.3 Å². The van der Waals surface area contributed by atoms with E-state index in [1.54, 1.807) is 0 Å². The SMILES string of the molecule is O=C(Cc1ccc(Oc2ccc(C(F)(F)F)cn2)nc1)C1CC(S(=O)(=O)c2cccc(C(F)(F)F)c2)C1. The maximum atomic E-state index is 12.9. The first-order chi connectivity index (χ1) is 17.2. The summed E-state index contributed by atoms with van der Waals surface area (Å²) in [5, 5.41) is -0.949. The van der Waals surface area contributed by atoms with Crippen LogP contribution >= 0.6 is 0 Å². The van der Waals surface area contributed by atoms with Gasteiger partial charge in [-0.3, -0.25) is 4.79 Å². The number of carbonyl (C=O) groups is 1. The van der Waals surface area contributed by atoms with Gasteiger partial charge in [0.05, 0.1) is 21.3 Å². The summed E-state index contributed by atoms with van der Waals surface area (Å²) in [6.45, 7) is 0. The Balaban J connectivity index is 1.32. The number of hydrogen-bond acceptors (Lipinski definition) is 6. The van der Waals surface area contributed by atoms with Crippen molar-refractivity contribution in [3.05, 3.63) is 77.6 Å². The Morgan fingerprint density at radius 3 is 2.03 bits per heavy atom. The van der Waals surface area contributed by atoms with Crippen molar-refractivity contribution < 1.29 is 44.3 Å². The molecule has 4 rings (SSSR count). The van der Waals surface area contributed by atoms with E-state index in [0.717, 1.165) is 30.3 Å². The van der Waals surface area contributed by atoms with Crippen molar-refractivity contribution in [2.24, 2.45) is 5.92 Å². The summed E-state index contributed by atoms with van der Waals surface area (Å²) >= 11 is 0. The Morgan fingerprint density at radius 1 is 0.865 bits per heavy atom. The highest BCUT2D eigenvalue weighted by Crippen LogP contribution is 2.39. The van der Waals surface area contributed by atoms with Gasteiger partial charge in [-0.1, -0.05) is 12.1 Å². The summed E-state index contributed by atoms with van der Waals surface area (Å²) < 4.78 is 107. The molecule has 0 aliphatic heterocycles. The molecule has 3 aromatic rings. The molecular weight excluding hydrogens is 526 g/mol. The Bertz CT molecular complexity index is 1380. The first-order valence-corrected chi connectivity index (χ1v) is 12.4. The Labute approximate surface area is 207 Å². The summed E-state index contributed by atoms with van der Waals surface area (Å²) in [4.78, 5) is 19.7. The summed E-state index contributed by atoms with van der Waals surface area (Å²) in [5.41, 5.74) is -1.49. The van der Waals surface area contributed by atoms with Crippen LogP contribution in [0.4, 0.5) is 26.3 Å². The molecule has 1 aromatic carbocycles. The van der Waals surface area contributed by atoms with Crippen molar-refractivity contribution in [3.63, 3.8) is 0 Å². The first kappa shape index (κ1) is 26.6. The van der Waals surface area contributed by atoms with E-state index >= 15 is 0 Å². The number of sulfone groups is 1. The molecule has 1 saturated carbocycles. The number of ether oxygens (including phenoxy) is 1. The third kappa shape index (κ3) is 6.09. The highest BCUT2D eigenvalue weighted by Gasteiger charge is 2.43. The number of aromatic nitrogens is 2. The zero-order valence-corrected chi connectivity index (χ0v) is 19.6. The molecule has 6 nitrogen and oxygen atoms in total. The van der Waals surface area contributed by atoms with E-state index in [4.69, 9.17) is 4.74 Å². The van der Waals surface area contributed by atoms with Crippen molar-refractivity contribution in [2.45, 2.75) is 41.8 Å². The van der Waals surface area contributed by atoms with Crippen molar-refractivity contribution in [3.8, 4) is 11.8 Å². The number of nitrogens with zero attached hydrogens (tertiary/aromatic N) is 2. The Morgan fingerprint density at radius 2 is 1.49 bits per heavy atom. The number of halogens is 6. The van der Waals surface area contributed by atoms with Gasteiger partial charge in [0, 0.05) is 36.9 Å². The van der Waals surface area contributed by atoms with Gasteiger partial charge in [-0.15, -0.1) is 0 Å². The maximum Gasteiger partial charge on any atom is 0.417 e. The fourth-order valence-corrected chi connectivity index (χ4v) is 5.68. The number of alkyl halides is 6. The lowest BCUT2D eigenvalue weighted by molar-refractivity contribution is -0.138. The van der Waals surface area contributed by atoms with Crippen molar-refractivity contribution in [1.29, 1.82) is 0 Å². The molecule has 37 heavy (non-hydrogen) atoms. The third-order valence-corrected chi connectivity index (χ3v) is 8.10. The highest BCUT2D eigenvalue weighted by molar-refractivity contribution is 7.92. The van der Waals surface area contributed by atoms with Crippen LogP contribution in [0.1, 0.15) is 29.5 Å². The second kappa shape index (κ2) is 9.77. The van der Waals surface area contributed by atoms with Crippen LogP contribution in [0.25, 0.3) is 0 Å². The fraction of sp³-hybridized carbons (Fsp3) is 0.292. The quantitative estimate of drug-likeness (QED) is 0.357. The van der Waals surface area contributed by atoms with Gasteiger partial charge < -0.3 is 4.74 Å². The van der Waals surface area contributed by atoms with Crippen LogP contribution in [-0.2, 0) is 33.4 Å². The fourth-order valence-electron chi connectivity index (χ4n) is 3.76. The summed E-state index contributed by atoms with van der Waals surface area (Å²) in [5.74, 6) is -0.862. The molecular formula is C24H18F6N2O4S. The van der Waals surface area contributed by atoms with E-state index in [2.05, 4.69) is 9.97 Å². The monoisotopic (exact) mass is 544 g/mol. The van der Waals surface area contributed by atoms with E-state index in [-0.39, 0.29) is 36.8 Å². The normalized spacial score (nSPS) is 18.2. The molecule has 1 aliphatic rings. The minimum atomic E-state index is -4.67. The molecule has 2 heterocycles. The van der Waals surface area contributed by atoms with Crippen LogP contribution in [0.15, 0.2) is 65.8 Å². The smallest absolute Gasteiger partial charge is 0.417 e. The number of carbonyl (C=O) groups excluding carboxylic acids is 1. The Hall–Kier alpha value is -3.48. The van der Waals surface area contributed by atoms with E-state index in [9.17, 15) is 39.6 Å². The minimum absolute atomic E-state index is 0.00558. The van der Waals surface area contributed by atoms with Crippen molar-refractivity contribution in [1.82, 2.24) is 9.97 Å². The summed E-state index contributed by atoms with van der Waals surface area (Å²) in [6.07, 6.45) is -7.27. The van der Waals surface area contributed by atoms with E-state index < -0.39 is 49.4 Å². The van der Waals surface area contributed by atoms with Crippen LogP contribution in [-0.4, -0.2) is 29.4 Å². The van der Waals surface area contributed by atoms with Crippen LogP contribution in [0.2, 0.25) is 0 Å². The second-order valence-electron chi connectivity index (χ2n) is 8.49. The minimum Gasteiger partial charge on any atom is -0.421 e. The number of hydrogen-bond donors (Lipinski definition) is 0. The number of ketones is 1. The van der Waals surface area contributed by atoms with Crippen LogP contribution in [0, 0.1) is 5.92 Å². The van der Waals surface area contributed by atoms with Crippen LogP contribution in [0.5, 0.6) is 11.8 Å². The van der Waals surface area contributed by atoms with Gasteiger partial charge in [0.15, 0.2) is 9.84 Å². The standard InChI is InChI=1S/C24H18F6N2O4S/c25-23(26,27)16-2-1-3-18(11-16)37(34,35)19-9-15(10-19)20(33)8-14-4-6-21(31-12-14)36-22-7-5-17(13-32-22)24(28,29)30/h1-7,11-13,15,19H,8-10H2. The molecule has 0 unspecified atom stereocenters. The van der Waals surface area contributed by atoms with Gasteiger partial charge in [0.2, 0.25) is 11.8 Å². The first-order valence-electron chi connectivity index (χ1n) is 10.8. The molecule has 0 bridgehead atoms. The van der Waals surface area contributed by atoms with Gasteiger partial charge in [0.1, 0.15) is 5.78 Å². The zero-order valence-electron chi connectivity index (χ0n) is 18.8. The number of pyridine rings is 2. The van der Waals surface area contributed by atoms with E-state index in [1.165, 1.54) is 18.3 Å². The lowest BCUT2D eigenvalue weighted by atomic mass is 9.80. The van der Waals surface area contributed by atoms with E-state index in [1.807, 2.05) is 0 Å². The van der Waals surface area contributed by atoms with E-state index in [0.29, 0.717) is 17.8 Å². The van der Waals surface area contributed by atoms with Gasteiger partial charge in [-0.05, 0) is 42.7 Å². The maximum absolute atomic E-state index is 12.9. The lowest BCUT2D eigenvalue weighted by Gasteiger charge is -2.33. The Kier molecular flexibility index (Phi) is 7.01. The number of Topliss-reactive ketones (excluding diaryl/α,β-unsaturated/α-hetero) is 1. The summed E-state index contributed by atoms with van der Waals surface area (Å²) in [6, 6.07) is 8.32. The average Bonchev–Trinajstić information content (AvgIpc) is 2.78. The molecule has 0 amide bonds. The van der Waals surface area contributed by atoms with Gasteiger partial charge in [0.25, 0.3) is 0 Å².